The van der Waals surface area contributed by atoms with Gasteiger partial charge >= 0.3 is 5.97 Å². The predicted molar refractivity (Wildman–Crippen MR) is 80.9 cm³/mol. The lowest BCUT2D eigenvalue weighted by atomic mass is 10.1. The van der Waals surface area contributed by atoms with E-state index in [2.05, 4.69) is 5.32 Å². The molecule has 0 bridgehead atoms. The lowest BCUT2D eigenvalue weighted by Gasteiger charge is -2.09. The number of rotatable bonds is 5. The molecule has 0 aliphatic carbocycles. The molecule has 110 valence electrons. The number of hydrogen-bond acceptors (Lipinski definition) is 3. The fraction of sp³-hybridized carbons (Fsp3) is 0.235. The molecule has 0 saturated heterocycles. The van der Waals surface area contributed by atoms with Crippen LogP contribution in [0.3, 0.4) is 0 Å². The Balaban J connectivity index is 2.00. The minimum atomic E-state index is -0.339. The van der Waals surface area contributed by atoms with Gasteiger partial charge in [-0.15, -0.1) is 0 Å². The molecule has 0 saturated carbocycles. The van der Waals surface area contributed by atoms with E-state index in [1.54, 1.807) is 37.3 Å². The van der Waals surface area contributed by atoms with Crippen LogP contribution in [0.25, 0.3) is 0 Å². The number of halogens is 1. The lowest BCUT2D eigenvalue weighted by Crippen LogP contribution is -2.05. The van der Waals surface area contributed by atoms with Crippen molar-refractivity contribution in [3.63, 3.8) is 0 Å². The Morgan fingerprint density at radius 1 is 1.19 bits per heavy atom. The summed E-state index contributed by atoms with van der Waals surface area (Å²) in [4.78, 5) is 11.5. The average Bonchev–Trinajstić information content (AvgIpc) is 2.49. The number of carbonyl (C=O) groups excluding carboxylic acids is 1. The van der Waals surface area contributed by atoms with Crippen LogP contribution in [0.2, 0.25) is 0 Å². The molecular weight excluding hydrogens is 269 g/mol. The molecule has 21 heavy (non-hydrogen) atoms. The van der Waals surface area contributed by atoms with E-state index < -0.39 is 0 Å². The van der Waals surface area contributed by atoms with Crippen LogP contribution < -0.4 is 5.32 Å². The van der Waals surface area contributed by atoms with Gasteiger partial charge in [0.25, 0.3) is 0 Å². The number of esters is 1. The summed E-state index contributed by atoms with van der Waals surface area (Å²) >= 11 is 0. The second kappa shape index (κ2) is 6.88. The first kappa shape index (κ1) is 15.0. The number of ether oxygens (including phenoxy) is 1. The van der Waals surface area contributed by atoms with Crippen LogP contribution in [0.1, 0.15) is 28.4 Å². The summed E-state index contributed by atoms with van der Waals surface area (Å²) in [5.74, 6) is -0.565. The summed E-state index contributed by atoms with van der Waals surface area (Å²) in [5.41, 5.74) is 2.96. The molecule has 2 aromatic rings. The van der Waals surface area contributed by atoms with Crippen molar-refractivity contribution in [1.29, 1.82) is 0 Å². The molecule has 0 aromatic heterocycles. The molecular formula is C17H18FNO2. The zero-order chi connectivity index (χ0) is 15.2. The molecule has 0 spiro atoms. The molecule has 0 aliphatic rings. The second-order valence-electron chi connectivity index (χ2n) is 4.75. The topological polar surface area (TPSA) is 38.3 Å². The van der Waals surface area contributed by atoms with Crippen molar-refractivity contribution >= 4 is 11.7 Å². The smallest absolute Gasteiger partial charge is 0.338 e. The molecule has 3 nitrogen and oxygen atoms in total. The standard InChI is InChI=1S/C17H18FNO2/c1-3-21-17(20)13-5-7-15(8-6-13)19-11-14-10-12(2)4-9-16(14)18/h4-10,19H,3,11H2,1-2H3. The van der Waals surface area contributed by atoms with E-state index in [0.717, 1.165) is 11.3 Å². The normalized spacial score (nSPS) is 10.2. The van der Waals surface area contributed by atoms with Gasteiger partial charge in [0.2, 0.25) is 0 Å². The Hall–Kier alpha value is -2.36. The van der Waals surface area contributed by atoms with Crippen LogP contribution in [0.15, 0.2) is 42.5 Å². The van der Waals surface area contributed by atoms with E-state index in [0.29, 0.717) is 24.3 Å². The van der Waals surface area contributed by atoms with Crippen LogP contribution in [0.5, 0.6) is 0 Å². The average molecular weight is 287 g/mol. The van der Waals surface area contributed by atoms with Crippen LogP contribution in [0, 0.1) is 12.7 Å². The first-order valence-corrected chi connectivity index (χ1v) is 6.86. The molecule has 1 N–H and O–H groups in total. The van der Waals surface area contributed by atoms with Gasteiger partial charge in [-0.2, -0.15) is 0 Å². The van der Waals surface area contributed by atoms with Crippen molar-refractivity contribution in [3.05, 3.63) is 65.0 Å². The number of benzene rings is 2. The maximum Gasteiger partial charge on any atom is 0.338 e. The number of hydrogen-bond donors (Lipinski definition) is 1. The predicted octanol–water partition coefficient (Wildman–Crippen LogP) is 3.92. The van der Waals surface area contributed by atoms with E-state index in [9.17, 15) is 9.18 Å². The van der Waals surface area contributed by atoms with Gasteiger partial charge in [-0.25, -0.2) is 9.18 Å². The Morgan fingerprint density at radius 2 is 1.90 bits per heavy atom. The van der Waals surface area contributed by atoms with Gasteiger partial charge in [0, 0.05) is 17.8 Å². The van der Waals surface area contributed by atoms with E-state index >= 15 is 0 Å². The van der Waals surface area contributed by atoms with Gasteiger partial charge in [-0.1, -0.05) is 17.7 Å². The highest BCUT2D eigenvalue weighted by atomic mass is 19.1. The van der Waals surface area contributed by atoms with Crippen molar-refractivity contribution in [1.82, 2.24) is 0 Å². The van der Waals surface area contributed by atoms with E-state index in [1.165, 1.54) is 6.07 Å². The van der Waals surface area contributed by atoms with Gasteiger partial charge in [0.15, 0.2) is 0 Å². The van der Waals surface area contributed by atoms with Crippen LogP contribution >= 0.6 is 0 Å². The zero-order valence-electron chi connectivity index (χ0n) is 12.2. The third-order valence-corrected chi connectivity index (χ3v) is 3.08. The Kier molecular flexibility index (Phi) is 4.93. The lowest BCUT2D eigenvalue weighted by molar-refractivity contribution is 0.0526. The molecule has 0 radical (unpaired) electrons. The SMILES string of the molecule is CCOC(=O)c1ccc(NCc2cc(C)ccc2F)cc1. The summed E-state index contributed by atoms with van der Waals surface area (Å²) in [5, 5.41) is 3.14. The van der Waals surface area contributed by atoms with Crippen molar-refractivity contribution in [2.45, 2.75) is 20.4 Å². The Morgan fingerprint density at radius 3 is 2.57 bits per heavy atom. The summed E-state index contributed by atoms with van der Waals surface area (Å²) in [6.07, 6.45) is 0. The molecule has 0 heterocycles. The summed E-state index contributed by atoms with van der Waals surface area (Å²) in [7, 11) is 0. The first-order chi connectivity index (χ1) is 10.1. The van der Waals surface area contributed by atoms with Crippen molar-refractivity contribution in [3.8, 4) is 0 Å². The van der Waals surface area contributed by atoms with Crippen LogP contribution in [-0.4, -0.2) is 12.6 Å². The zero-order valence-corrected chi connectivity index (χ0v) is 12.2. The maximum absolute atomic E-state index is 13.6. The summed E-state index contributed by atoms with van der Waals surface area (Å²) in [6, 6.07) is 12.0. The number of carbonyl (C=O) groups is 1. The fourth-order valence-electron chi connectivity index (χ4n) is 1.97. The van der Waals surface area contributed by atoms with E-state index in [4.69, 9.17) is 4.74 Å². The molecule has 0 unspecified atom stereocenters. The largest absolute Gasteiger partial charge is 0.462 e. The fourth-order valence-corrected chi connectivity index (χ4v) is 1.97. The molecule has 0 atom stereocenters. The van der Waals surface area contributed by atoms with E-state index in [1.807, 2.05) is 13.0 Å². The molecule has 0 amide bonds. The van der Waals surface area contributed by atoms with Gasteiger partial charge in [0.05, 0.1) is 12.2 Å². The summed E-state index contributed by atoms with van der Waals surface area (Å²) in [6.45, 7) is 4.44. The van der Waals surface area contributed by atoms with Gasteiger partial charge in [0.1, 0.15) is 5.82 Å². The van der Waals surface area contributed by atoms with Crippen molar-refractivity contribution in [2.75, 3.05) is 11.9 Å². The minimum Gasteiger partial charge on any atom is -0.462 e. The highest BCUT2D eigenvalue weighted by molar-refractivity contribution is 5.89. The highest BCUT2D eigenvalue weighted by Crippen LogP contribution is 2.15. The highest BCUT2D eigenvalue weighted by Gasteiger charge is 2.06. The molecule has 2 rings (SSSR count). The maximum atomic E-state index is 13.6. The minimum absolute atomic E-state index is 0.226. The number of anilines is 1. The van der Waals surface area contributed by atoms with Gasteiger partial charge in [-0.05, 0) is 44.2 Å². The first-order valence-electron chi connectivity index (χ1n) is 6.86. The molecule has 2 aromatic carbocycles. The molecule has 0 aliphatic heterocycles. The second-order valence-corrected chi connectivity index (χ2v) is 4.75. The Bertz CT molecular complexity index is 623. The molecule has 0 fully saturated rings. The van der Waals surface area contributed by atoms with Crippen LogP contribution in [0.4, 0.5) is 10.1 Å². The van der Waals surface area contributed by atoms with Crippen LogP contribution in [-0.2, 0) is 11.3 Å². The van der Waals surface area contributed by atoms with E-state index in [-0.39, 0.29) is 11.8 Å². The summed E-state index contributed by atoms with van der Waals surface area (Å²) < 4.78 is 18.5. The molecule has 4 heteroatoms. The Labute approximate surface area is 123 Å². The van der Waals surface area contributed by atoms with Gasteiger partial charge in [-0.3, -0.25) is 0 Å². The third-order valence-electron chi connectivity index (χ3n) is 3.08. The quantitative estimate of drug-likeness (QED) is 0.847. The number of aryl methyl sites for hydroxylation is 1. The van der Waals surface area contributed by atoms with Gasteiger partial charge < -0.3 is 10.1 Å². The van der Waals surface area contributed by atoms with Crippen molar-refractivity contribution < 1.29 is 13.9 Å². The third kappa shape index (κ3) is 4.05. The monoisotopic (exact) mass is 287 g/mol. The van der Waals surface area contributed by atoms with Crippen molar-refractivity contribution in [2.24, 2.45) is 0 Å². The number of nitrogens with one attached hydrogen (secondary N) is 1.